The molecule has 0 bridgehead atoms. The van der Waals surface area contributed by atoms with Crippen molar-refractivity contribution in [3.05, 3.63) is 87.7 Å². The SMILES string of the molecule is Cc1ccc(-c2ccc(=O)[nH]n2)cc1Nc1nnc2n1[C@H](c1ccc(F)cc1)COC2. The van der Waals surface area contributed by atoms with Crippen LogP contribution in [0.25, 0.3) is 11.3 Å². The highest BCUT2D eigenvalue weighted by Crippen LogP contribution is 2.31. The maximum atomic E-state index is 13.4. The minimum absolute atomic E-state index is 0.175. The van der Waals surface area contributed by atoms with Crippen LogP contribution in [0.5, 0.6) is 0 Å². The van der Waals surface area contributed by atoms with Gasteiger partial charge in [-0.05, 0) is 42.3 Å². The number of H-pyrrole nitrogens is 1. The van der Waals surface area contributed by atoms with Gasteiger partial charge in [0, 0.05) is 17.3 Å². The average Bonchev–Trinajstić information content (AvgIpc) is 3.19. The van der Waals surface area contributed by atoms with Gasteiger partial charge in [0.05, 0.1) is 18.3 Å². The second kappa shape index (κ2) is 7.77. The molecule has 5 rings (SSSR count). The Labute approximate surface area is 176 Å². The van der Waals surface area contributed by atoms with Crippen LogP contribution in [0.2, 0.25) is 0 Å². The first kappa shape index (κ1) is 19.1. The summed E-state index contributed by atoms with van der Waals surface area (Å²) in [6, 6.07) is 15.2. The Morgan fingerprint density at radius 1 is 1.13 bits per heavy atom. The van der Waals surface area contributed by atoms with Crippen LogP contribution in [0.3, 0.4) is 0 Å². The number of hydrogen-bond acceptors (Lipinski definition) is 6. The van der Waals surface area contributed by atoms with Crippen LogP contribution in [-0.4, -0.2) is 31.6 Å². The lowest BCUT2D eigenvalue weighted by atomic mass is 10.1. The Kier molecular flexibility index (Phi) is 4.79. The molecule has 1 aliphatic heterocycles. The van der Waals surface area contributed by atoms with Crippen molar-refractivity contribution in [3.63, 3.8) is 0 Å². The van der Waals surface area contributed by atoms with E-state index in [0.717, 1.165) is 22.4 Å². The van der Waals surface area contributed by atoms with E-state index in [1.165, 1.54) is 18.2 Å². The maximum absolute atomic E-state index is 13.4. The molecule has 0 fully saturated rings. The molecule has 1 aliphatic rings. The zero-order chi connectivity index (χ0) is 21.4. The molecule has 8 nitrogen and oxygen atoms in total. The maximum Gasteiger partial charge on any atom is 0.264 e. The second-order valence-corrected chi connectivity index (χ2v) is 7.35. The molecular formula is C22H19FN6O2. The van der Waals surface area contributed by atoms with Gasteiger partial charge < -0.3 is 10.1 Å². The Morgan fingerprint density at radius 2 is 1.97 bits per heavy atom. The standard InChI is InChI=1S/C22H19FN6O2/c1-13-2-3-15(17-8-9-21(30)27-25-17)10-18(13)24-22-28-26-20-12-31-11-19(29(20)22)14-4-6-16(23)7-5-14/h2-10,19H,11-12H2,1H3,(H,24,28)(H,27,30)/t19-/m0/s1. The molecule has 0 saturated carbocycles. The number of hydrogen-bond donors (Lipinski definition) is 2. The fourth-order valence-corrected chi connectivity index (χ4v) is 3.64. The summed E-state index contributed by atoms with van der Waals surface area (Å²) in [4.78, 5) is 11.3. The van der Waals surface area contributed by atoms with E-state index in [1.807, 2.05) is 29.7 Å². The van der Waals surface area contributed by atoms with Crippen LogP contribution in [-0.2, 0) is 11.3 Å². The lowest BCUT2D eigenvalue weighted by Crippen LogP contribution is -2.25. The van der Waals surface area contributed by atoms with Gasteiger partial charge in [-0.3, -0.25) is 9.36 Å². The van der Waals surface area contributed by atoms with E-state index < -0.39 is 0 Å². The summed E-state index contributed by atoms with van der Waals surface area (Å²) < 4.78 is 21.1. The molecular weight excluding hydrogens is 399 g/mol. The minimum atomic E-state index is -0.286. The van der Waals surface area contributed by atoms with E-state index in [1.54, 1.807) is 18.2 Å². The van der Waals surface area contributed by atoms with E-state index in [2.05, 4.69) is 25.7 Å². The number of aromatic amines is 1. The van der Waals surface area contributed by atoms with E-state index >= 15 is 0 Å². The number of ether oxygens (including phenoxy) is 1. The van der Waals surface area contributed by atoms with Crippen LogP contribution in [0.15, 0.2) is 59.4 Å². The summed E-state index contributed by atoms with van der Waals surface area (Å²) in [6.07, 6.45) is 0. The zero-order valence-corrected chi connectivity index (χ0v) is 16.7. The van der Waals surface area contributed by atoms with Crippen molar-refractivity contribution in [1.29, 1.82) is 0 Å². The summed E-state index contributed by atoms with van der Waals surface area (Å²) in [5.41, 5.74) is 4.01. The Hall–Kier alpha value is -3.85. The molecule has 0 unspecified atom stereocenters. The van der Waals surface area contributed by atoms with Gasteiger partial charge in [0.1, 0.15) is 12.4 Å². The highest BCUT2D eigenvalue weighted by Gasteiger charge is 2.27. The normalized spacial score (nSPS) is 15.5. The number of fused-ring (bicyclic) bond motifs is 1. The number of halogens is 1. The summed E-state index contributed by atoms with van der Waals surface area (Å²) >= 11 is 0. The first-order valence-electron chi connectivity index (χ1n) is 9.79. The summed E-state index contributed by atoms with van der Waals surface area (Å²) in [5.74, 6) is 0.979. The van der Waals surface area contributed by atoms with Crippen molar-refractivity contribution in [3.8, 4) is 11.3 Å². The third-order valence-corrected chi connectivity index (χ3v) is 5.30. The summed E-state index contributed by atoms with van der Waals surface area (Å²) in [5, 5.41) is 18.5. The summed E-state index contributed by atoms with van der Waals surface area (Å²) in [7, 11) is 0. The Morgan fingerprint density at radius 3 is 2.74 bits per heavy atom. The predicted octanol–water partition coefficient (Wildman–Crippen LogP) is 3.34. The molecule has 0 aliphatic carbocycles. The van der Waals surface area contributed by atoms with Crippen LogP contribution in [0.4, 0.5) is 16.0 Å². The van der Waals surface area contributed by atoms with Crippen molar-refractivity contribution in [2.75, 3.05) is 11.9 Å². The van der Waals surface area contributed by atoms with Crippen molar-refractivity contribution in [1.82, 2.24) is 25.0 Å². The van der Waals surface area contributed by atoms with Crippen LogP contribution >= 0.6 is 0 Å². The number of nitrogens with one attached hydrogen (secondary N) is 2. The topological polar surface area (TPSA) is 97.7 Å². The first-order chi connectivity index (χ1) is 15.1. The molecule has 4 aromatic rings. The van der Waals surface area contributed by atoms with E-state index in [9.17, 15) is 9.18 Å². The molecule has 31 heavy (non-hydrogen) atoms. The van der Waals surface area contributed by atoms with Gasteiger partial charge in [-0.2, -0.15) is 5.10 Å². The van der Waals surface area contributed by atoms with Crippen LogP contribution < -0.4 is 10.9 Å². The third-order valence-electron chi connectivity index (χ3n) is 5.30. The zero-order valence-electron chi connectivity index (χ0n) is 16.7. The smallest absolute Gasteiger partial charge is 0.264 e. The number of aryl methyl sites for hydroxylation is 1. The lowest BCUT2D eigenvalue weighted by molar-refractivity contribution is 0.0670. The largest absolute Gasteiger partial charge is 0.371 e. The fraction of sp³-hybridized carbons (Fsp3) is 0.182. The van der Waals surface area contributed by atoms with Gasteiger partial charge in [-0.1, -0.05) is 24.3 Å². The van der Waals surface area contributed by atoms with Gasteiger partial charge in [-0.25, -0.2) is 9.49 Å². The predicted molar refractivity (Wildman–Crippen MR) is 113 cm³/mol. The number of anilines is 2. The number of aromatic nitrogens is 5. The van der Waals surface area contributed by atoms with E-state index in [4.69, 9.17) is 4.74 Å². The van der Waals surface area contributed by atoms with Crippen LogP contribution in [0, 0.1) is 12.7 Å². The lowest BCUT2D eigenvalue weighted by Gasteiger charge is -2.27. The second-order valence-electron chi connectivity index (χ2n) is 7.35. The van der Waals surface area contributed by atoms with Crippen molar-refractivity contribution < 1.29 is 9.13 Å². The molecule has 2 aromatic carbocycles. The molecule has 2 N–H and O–H groups in total. The van der Waals surface area contributed by atoms with Gasteiger partial charge in [0.2, 0.25) is 5.95 Å². The van der Waals surface area contributed by atoms with Gasteiger partial charge in [0.15, 0.2) is 5.82 Å². The molecule has 2 aromatic heterocycles. The number of benzene rings is 2. The molecule has 0 saturated heterocycles. The monoisotopic (exact) mass is 418 g/mol. The molecule has 9 heteroatoms. The first-order valence-corrected chi connectivity index (χ1v) is 9.79. The van der Waals surface area contributed by atoms with Gasteiger partial charge >= 0.3 is 0 Å². The van der Waals surface area contributed by atoms with Crippen molar-refractivity contribution >= 4 is 11.6 Å². The van der Waals surface area contributed by atoms with Gasteiger partial charge in [-0.15, -0.1) is 10.2 Å². The minimum Gasteiger partial charge on any atom is -0.371 e. The molecule has 1 atom stereocenters. The fourth-order valence-electron chi connectivity index (χ4n) is 3.64. The molecule has 0 amide bonds. The molecule has 0 spiro atoms. The van der Waals surface area contributed by atoms with Crippen molar-refractivity contribution in [2.24, 2.45) is 0 Å². The van der Waals surface area contributed by atoms with Crippen molar-refractivity contribution in [2.45, 2.75) is 19.6 Å². The van der Waals surface area contributed by atoms with E-state index in [-0.39, 0.29) is 17.4 Å². The molecule has 156 valence electrons. The number of rotatable bonds is 4. The van der Waals surface area contributed by atoms with Gasteiger partial charge in [0.25, 0.3) is 5.56 Å². The summed E-state index contributed by atoms with van der Waals surface area (Å²) in [6.45, 7) is 2.78. The molecule has 0 radical (unpaired) electrons. The average molecular weight is 418 g/mol. The number of nitrogens with zero attached hydrogens (tertiary/aromatic N) is 4. The van der Waals surface area contributed by atoms with Crippen LogP contribution in [0.1, 0.15) is 23.0 Å². The highest BCUT2D eigenvalue weighted by molar-refractivity contribution is 5.69. The third kappa shape index (κ3) is 3.71. The van der Waals surface area contributed by atoms with E-state index in [0.29, 0.717) is 30.7 Å². The quantitative estimate of drug-likeness (QED) is 0.528. The Balaban J connectivity index is 1.51. The Bertz CT molecular complexity index is 1280. The molecule has 3 heterocycles. The highest BCUT2D eigenvalue weighted by atomic mass is 19.1.